The molecule has 1 heterocycles. The van der Waals surface area contributed by atoms with Crippen LogP contribution in [0.1, 0.15) is 35.7 Å². The molecule has 0 N–H and O–H groups in total. The third kappa shape index (κ3) is 4.30. The fourth-order valence-corrected chi connectivity index (χ4v) is 3.53. The largest absolute Gasteiger partial charge is 0.371 e. The summed E-state index contributed by atoms with van der Waals surface area (Å²) in [5.74, 6) is 0.579. The Kier molecular flexibility index (Phi) is 5.71. The normalized spacial score (nSPS) is 15.1. The molecule has 26 heavy (non-hydrogen) atoms. The Labute approximate surface area is 161 Å². The van der Waals surface area contributed by atoms with Gasteiger partial charge in [-0.2, -0.15) is 0 Å². The van der Waals surface area contributed by atoms with E-state index in [4.69, 9.17) is 0 Å². The van der Waals surface area contributed by atoms with Crippen molar-refractivity contribution in [3.63, 3.8) is 0 Å². The van der Waals surface area contributed by atoms with Crippen LogP contribution in [0.3, 0.4) is 0 Å². The Morgan fingerprint density at radius 2 is 1.85 bits per heavy atom. The highest BCUT2D eigenvalue weighted by atomic mass is 79.9. The zero-order valence-electron chi connectivity index (χ0n) is 14.7. The summed E-state index contributed by atoms with van der Waals surface area (Å²) in [6.07, 6.45) is 2.36. The summed E-state index contributed by atoms with van der Waals surface area (Å²) in [6, 6.07) is 12.2. The van der Waals surface area contributed by atoms with Gasteiger partial charge >= 0.3 is 0 Å². The van der Waals surface area contributed by atoms with Crippen LogP contribution in [0.2, 0.25) is 0 Å². The van der Waals surface area contributed by atoms with Crippen molar-refractivity contribution in [3.8, 4) is 0 Å². The molecule has 6 heteroatoms. The predicted octanol–water partition coefficient (Wildman–Crippen LogP) is 5.02. The number of piperidine rings is 1. The van der Waals surface area contributed by atoms with E-state index in [0.29, 0.717) is 11.5 Å². The number of carbonyl (C=O) groups is 1. The molecule has 1 fully saturated rings. The van der Waals surface area contributed by atoms with Gasteiger partial charge in [-0.05, 0) is 42.5 Å². The number of non-ortho nitro benzene ring substituents is 1. The van der Waals surface area contributed by atoms with Gasteiger partial charge in [-0.1, -0.05) is 35.0 Å². The van der Waals surface area contributed by atoms with Crippen molar-refractivity contribution in [2.24, 2.45) is 5.92 Å². The summed E-state index contributed by atoms with van der Waals surface area (Å²) in [6.45, 7) is 3.97. The number of nitro groups is 1. The predicted molar refractivity (Wildman–Crippen MR) is 106 cm³/mol. The van der Waals surface area contributed by atoms with Crippen molar-refractivity contribution in [1.29, 1.82) is 0 Å². The zero-order valence-corrected chi connectivity index (χ0v) is 16.2. The summed E-state index contributed by atoms with van der Waals surface area (Å²) < 4.78 is 0.951. The molecule has 2 aromatic rings. The molecule has 2 aromatic carbocycles. The van der Waals surface area contributed by atoms with Gasteiger partial charge in [-0.15, -0.1) is 0 Å². The Morgan fingerprint density at radius 1 is 1.19 bits per heavy atom. The van der Waals surface area contributed by atoms with Crippen molar-refractivity contribution in [2.75, 3.05) is 18.0 Å². The molecule has 0 aliphatic carbocycles. The van der Waals surface area contributed by atoms with Gasteiger partial charge in [0.15, 0.2) is 5.78 Å². The first-order chi connectivity index (χ1) is 12.4. The number of hydrogen-bond acceptors (Lipinski definition) is 4. The lowest BCUT2D eigenvalue weighted by Crippen LogP contribution is -2.34. The van der Waals surface area contributed by atoms with Crippen molar-refractivity contribution in [2.45, 2.75) is 26.2 Å². The maximum Gasteiger partial charge on any atom is 0.270 e. The molecule has 5 nitrogen and oxygen atoms in total. The first kappa shape index (κ1) is 18.6. The van der Waals surface area contributed by atoms with Crippen LogP contribution in [0.4, 0.5) is 11.4 Å². The highest BCUT2D eigenvalue weighted by Gasteiger charge is 2.23. The van der Waals surface area contributed by atoms with Crippen LogP contribution in [0, 0.1) is 16.0 Å². The van der Waals surface area contributed by atoms with E-state index in [-0.39, 0.29) is 17.9 Å². The Balaban J connectivity index is 1.91. The van der Waals surface area contributed by atoms with Gasteiger partial charge in [-0.3, -0.25) is 14.9 Å². The molecule has 1 aliphatic heterocycles. The maximum absolute atomic E-state index is 12.9. The first-order valence-electron chi connectivity index (χ1n) is 8.75. The van der Waals surface area contributed by atoms with Crippen LogP contribution in [-0.4, -0.2) is 23.8 Å². The number of nitrogens with zero attached hydrogens (tertiary/aromatic N) is 2. The maximum atomic E-state index is 12.9. The van der Waals surface area contributed by atoms with Crippen LogP contribution in [0.25, 0.3) is 0 Å². The molecule has 0 spiro atoms. The molecule has 0 atom stereocenters. The van der Waals surface area contributed by atoms with Gasteiger partial charge in [0.2, 0.25) is 0 Å². The smallest absolute Gasteiger partial charge is 0.270 e. The minimum Gasteiger partial charge on any atom is -0.371 e. The number of anilines is 1. The van der Waals surface area contributed by atoms with E-state index < -0.39 is 4.92 Å². The molecule has 0 amide bonds. The van der Waals surface area contributed by atoms with E-state index in [0.717, 1.165) is 41.7 Å². The second kappa shape index (κ2) is 7.99. The molecule has 0 saturated carbocycles. The van der Waals surface area contributed by atoms with Crippen molar-refractivity contribution in [1.82, 2.24) is 0 Å². The van der Waals surface area contributed by atoms with Crippen LogP contribution < -0.4 is 4.90 Å². The van der Waals surface area contributed by atoms with Crippen molar-refractivity contribution >= 4 is 33.1 Å². The number of nitro benzene ring substituents is 1. The SMILES string of the molecule is CC1CCN(c2ccc([N+](=O)[O-])cc2C(=O)Cc2ccc(Br)cc2)CC1. The van der Waals surface area contributed by atoms with Crippen LogP contribution in [0.5, 0.6) is 0 Å². The highest BCUT2D eigenvalue weighted by Crippen LogP contribution is 2.30. The number of ketones is 1. The molecule has 0 bridgehead atoms. The second-order valence-corrected chi connectivity index (χ2v) is 7.77. The first-order valence-corrected chi connectivity index (χ1v) is 9.54. The fourth-order valence-electron chi connectivity index (χ4n) is 3.27. The van der Waals surface area contributed by atoms with Gasteiger partial charge in [-0.25, -0.2) is 0 Å². The van der Waals surface area contributed by atoms with Crippen LogP contribution in [-0.2, 0) is 6.42 Å². The van der Waals surface area contributed by atoms with Gasteiger partial charge in [0.25, 0.3) is 5.69 Å². The third-order valence-corrected chi connectivity index (χ3v) is 5.42. The Hall–Kier alpha value is -2.21. The van der Waals surface area contributed by atoms with E-state index in [1.165, 1.54) is 12.1 Å². The quantitative estimate of drug-likeness (QED) is 0.389. The summed E-state index contributed by atoms with van der Waals surface area (Å²) in [7, 11) is 0. The second-order valence-electron chi connectivity index (χ2n) is 6.85. The van der Waals surface area contributed by atoms with E-state index in [9.17, 15) is 14.9 Å². The lowest BCUT2D eigenvalue weighted by molar-refractivity contribution is -0.384. The molecule has 1 aliphatic rings. The summed E-state index contributed by atoms with van der Waals surface area (Å²) in [4.78, 5) is 25.9. The molecule has 0 unspecified atom stereocenters. The highest BCUT2D eigenvalue weighted by molar-refractivity contribution is 9.10. The fraction of sp³-hybridized carbons (Fsp3) is 0.350. The van der Waals surface area contributed by atoms with E-state index in [2.05, 4.69) is 27.8 Å². The Bertz CT molecular complexity index is 812. The van der Waals surface area contributed by atoms with Gasteiger partial charge in [0, 0.05) is 47.4 Å². The molecule has 1 saturated heterocycles. The monoisotopic (exact) mass is 416 g/mol. The van der Waals surface area contributed by atoms with Gasteiger partial charge in [0.05, 0.1) is 4.92 Å². The number of carbonyl (C=O) groups excluding carboxylic acids is 1. The minimum absolute atomic E-state index is 0.0433. The molecular formula is C20H21BrN2O3. The van der Waals surface area contributed by atoms with Gasteiger partial charge < -0.3 is 4.90 Å². The van der Waals surface area contributed by atoms with Crippen molar-refractivity contribution in [3.05, 3.63) is 68.2 Å². The molecular weight excluding hydrogens is 396 g/mol. The van der Waals surface area contributed by atoms with E-state index in [1.54, 1.807) is 6.07 Å². The number of rotatable bonds is 5. The number of Topliss-reactive ketones (excluding diaryl/α,β-unsaturated/α-hetero) is 1. The van der Waals surface area contributed by atoms with E-state index >= 15 is 0 Å². The zero-order chi connectivity index (χ0) is 18.7. The average Bonchev–Trinajstić information content (AvgIpc) is 2.63. The summed E-state index contributed by atoms with van der Waals surface area (Å²) in [5, 5.41) is 11.2. The van der Waals surface area contributed by atoms with Crippen LogP contribution in [0.15, 0.2) is 46.9 Å². The Morgan fingerprint density at radius 3 is 2.46 bits per heavy atom. The summed E-state index contributed by atoms with van der Waals surface area (Å²) >= 11 is 3.38. The average molecular weight is 417 g/mol. The van der Waals surface area contributed by atoms with Crippen molar-refractivity contribution < 1.29 is 9.72 Å². The van der Waals surface area contributed by atoms with Gasteiger partial charge in [0.1, 0.15) is 0 Å². The number of benzene rings is 2. The molecule has 136 valence electrons. The topological polar surface area (TPSA) is 63.4 Å². The molecule has 0 radical (unpaired) electrons. The lowest BCUT2D eigenvalue weighted by Gasteiger charge is -2.33. The number of hydrogen-bond donors (Lipinski definition) is 0. The molecule has 3 rings (SSSR count). The van der Waals surface area contributed by atoms with Crippen LogP contribution >= 0.6 is 15.9 Å². The third-order valence-electron chi connectivity index (χ3n) is 4.89. The summed E-state index contributed by atoms with van der Waals surface area (Å²) in [5.41, 5.74) is 2.10. The lowest BCUT2D eigenvalue weighted by atomic mass is 9.96. The number of halogens is 1. The molecule has 0 aromatic heterocycles. The minimum atomic E-state index is -0.446. The van der Waals surface area contributed by atoms with E-state index in [1.807, 2.05) is 24.3 Å². The standard InChI is InChI=1S/C20H21BrN2O3/c1-14-8-10-22(11-9-14)19-7-6-17(23(25)26)13-18(19)20(24)12-15-2-4-16(21)5-3-15/h2-7,13-14H,8-12H2,1H3.